The number of methoxy groups -OCH3 is 1. The number of nitrogens with zero attached hydrogens (tertiary/aromatic N) is 3. The van der Waals surface area contributed by atoms with Crippen LogP contribution in [0.15, 0.2) is 73.3 Å². The van der Waals surface area contributed by atoms with Crippen molar-refractivity contribution < 1.29 is 9.13 Å². The molecule has 2 heterocycles. The monoisotopic (exact) mass is 393 g/mol. The van der Waals surface area contributed by atoms with Gasteiger partial charge >= 0.3 is 0 Å². The maximum atomic E-state index is 15.4. The summed E-state index contributed by atoms with van der Waals surface area (Å²) >= 11 is 6.09. The Labute approximate surface area is 167 Å². The molecule has 0 spiro atoms. The van der Waals surface area contributed by atoms with E-state index in [0.717, 1.165) is 11.1 Å². The van der Waals surface area contributed by atoms with Crippen LogP contribution in [0.5, 0.6) is 5.75 Å². The van der Waals surface area contributed by atoms with Gasteiger partial charge in [-0.1, -0.05) is 29.8 Å². The molecule has 6 heteroatoms. The predicted octanol–water partition coefficient (Wildman–Crippen LogP) is 5.46. The summed E-state index contributed by atoms with van der Waals surface area (Å²) in [7, 11) is 1.52. The lowest BCUT2D eigenvalue weighted by Crippen LogP contribution is -2.04. The van der Waals surface area contributed by atoms with Crippen molar-refractivity contribution in [1.82, 2.24) is 14.8 Å². The fraction of sp³-hybridized carbons (Fsp3) is 0.0909. The minimum absolute atomic E-state index is 0.300. The lowest BCUT2D eigenvalue weighted by molar-refractivity contribution is 0.412. The van der Waals surface area contributed by atoms with Crippen LogP contribution < -0.4 is 4.74 Å². The Hall–Kier alpha value is -3.18. The zero-order chi connectivity index (χ0) is 19.5. The van der Waals surface area contributed by atoms with Crippen LogP contribution in [-0.4, -0.2) is 21.9 Å². The summed E-state index contributed by atoms with van der Waals surface area (Å²) in [6.07, 6.45) is 7.10. The Bertz CT molecular complexity index is 1110. The van der Waals surface area contributed by atoms with E-state index < -0.39 is 0 Å². The number of pyridine rings is 1. The highest BCUT2D eigenvalue weighted by Crippen LogP contribution is 2.35. The molecule has 0 atom stereocenters. The van der Waals surface area contributed by atoms with Crippen LogP contribution in [-0.2, 0) is 6.54 Å². The molecule has 0 N–H and O–H groups in total. The zero-order valence-corrected chi connectivity index (χ0v) is 15.9. The third-order valence-corrected chi connectivity index (χ3v) is 4.73. The Balaban J connectivity index is 1.70. The summed E-state index contributed by atoms with van der Waals surface area (Å²) in [6.45, 7) is 0.300. The van der Waals surface area contributed by atoms with E-state index >= 15 is 4.39 Å². The number of ether oxygens (including phenoxy) is 1. The number of hydrogen-bond donors (Lipinski definition) is 0. The van der Waals surface area contributed by atoms with Crippen LogP contribution in [0.2, 0.25) is 5.02 Å². The molecule has 4 aromatic rings. The highest BCUT2D eigenvalue weighted by Gasteiger charge is 2.17. The first-order valence-corrected chi connectivity index (χ1v) is 9.07. The van der Waals surface area contributed by atoms with Gasteiger partial charge in [0.15, 0.2) is 0 Å². The molecular weight excluding hydrogens is 377 g/mol. The van der Waals surface area contributed by atoms with Crippen LogP contribution in [0.3, 0.4) is 0 Å². The molecule has 0 unspecified atom stereocenters. The van der Waals surface area contributed by atoms with E-state index in [9.17, 15) is 0 Å². The van der Waals surface area contributed by atoms with Crippen molar-refractivity contribution >= 4 is 11.6 Å². The Kier molecular flexibility index (Phi) is 5.08. The Morgan fingerprint density at radius 2 is 1.86 bits per heavy atom. The normalized spacial score (nSPS) is 10.8. The number of hydrogen-bond acceptors (Lipinski definition) is 3. The molecule has 0 fully saturated rings. The molecular formula is C22H17ClFN3O. The molecule has 4 nitrogen and oxygen atoms in total. The van der Waals surface area contributed by atoms with Crippen molar-refractivity contribution in [3.05, 3.63) is 89.7 Å². The van der Waals surface area contributed by atoms with E-state index in [0.29, 0.717) is 34.0 Å². The quantitative estimate of drug-likeness (QED) is 0.452. The minimum Gasteiger partial charge on any atom is -0.496 e. The first-order valence-electron chi connectivity index (χ1n) is 8.70. The van der Waals surface area contributed by atoms with Gasteiger partial charge in [0.1, 0.15) is 11.6 Å². The molecule has 0 saturated heterocycles. The van der Waals surface area contributed by atoms with E-state index in [1.807, 2.05) is 24.4 Å². The number of aromatic nitrogens is 3. The Morgan fingerprint density at radius 1 is 1.04 bits per heavy atom. The zero-order valence-electron chi connectivity index (χ0n) is 15.1. The van der Waals surface area contributed by atoms with Crippen molar-refractivity contribution in [1.29, 1.82) is 0 Å². The van der Waals surface area contributed by atoms with E-state index in [1.165, 1.54) is 7.11 Å². The minimum atomic E-state index is -0.345. The second-order valence-corrected chi connectivity index (χ2v) is 6.73. The SMILES string of the molecule is COc1ccc(Cn2cc(-c3ccncc3)cn2)c(F)c1-c1cccc(Cl)c1. The van der Waals surface area contributed by atoms with Crippen LogP contribution in [0.25, 0.3) is 22.3 Å². The average Bonchev–Trinajstić information content (AvgIpc) is 3.18. The lowest BCUT2D eigenvalue weighted by atomic mass is 10.0. The van der Waals surface area contributed by atoms with Gasteiger partial charge in [-0.15, -0.1) is 0 Å². The van der Waals surface area contributed by atoms with Gasteiger partial charge in [-0.25, -0.2) is 4.39 Å². The summed E-state index contributed by atoms with van der Waals surface area (Å²) in [5, 5.41) is 4.91. The molecule has 0 aliphatic heterocycles. The smallest absolute Gasteiger partial charge is 0.139 e. The molecule has 0 bridgehead atoms. The Morgan fingerprint density at radius 3 is 2.61 bits per heavy atom. The van der Waals surface area contributed by atoms with Crippen molar-refractivity contribution in [2.45, 2.75) is 6.54 Å². The molecule has 0 radical (unpaired) electrons. The molecule has 2 aromatic heterocycles. The summed E-state index contributed by atoms with van der Waals surface area (Å²) in [5.74, 6) is 0.115. The third-order valence-electron chi connectivity index (χ3n) is 4.50. The van der Waals surface area contributed by atoms with E-state index in [4.69, 9.17) is 16.3 Å². The fourth-order valence-corrected chi connectivity index (χ4v) is 3.31. The number of benzene rings is 2. The topological polar surface area (TPSA) is 39.9 Å². The maximum absolute atomic E-state index is 15.4. The molecule has 0 aliphatic rings. The molecule has 0 amide bonds. The molecule has 4 rings (SSSR count). The predicted molar refractivity (Wildman–Crippen MR) is 108 cm³/mol. The average molecular weight is 394 g/mol. The van der Waals surface area contributed by atoms with Gasteiger partial charge in [0.05, 0.1) is 25.4 Å². The van der Waals surface area contributed by atoms with Crippen LogP contribution in [0.4, 0.5) is 4.39 Å². The van der Waals surface area contributed by atoms with Gasteiger partial charge in [0.25, 0.3) is 0 Å². The molecule has 0 aliphatic carbocycles. The van der Waals surface area contributed by atoms with Gasteiger partial charge in [-0.05, 0) is 41.5 Å². The second-order valence-electron chi connectivity index (χ2n) is 6.29. The highest BCUT2D eigenvalue weighted by atomic mass is 35.5. The summed E-state index contributed by atoms with van der Waals surface area (Å²) in [4.78, 5) is 4.02. The van der Waals surface area contributed by atoms with Crippen molar-refractivity contribution in [3.63, 3.8) is 0 Å². The second kappa shape index (κ2) is 7.82. The fourth-order valence-electron chi connectivity index (χ4n) is 3.12. The first-order chi connectivity index (χ1) is 13.7. The van der Waals surface area contributed by atoms with Crippen molar-refractivity contribution in [3.8, 4) is 28.0 Å². The van der Waals surface area contributed by atoms with Crippen LogP contribution in [0, 0.1) is 5.82 Å². The van der Waals surface area contributed by atoms with Gasteiger partial charge in [0, 0.05) is 34.7 Å². The first kappa shape index (κ1) is 18.2. The van der Waals surface area contributed by atoms with Crippen molar-refractivity contribution in [2.75, 3.05) is 7.11 Å². The molecule has 140 valence electrons. The van der Waals surface area contributed by atoms with Crippen molar-refractivity contribution in [2.24, 2.45) is 0 Å². The van der Waals surface area contributed by atoms with Gasteiger partial charge in [0.2, 0.25) is 0 Å². The number of rotatable bonds is 5. The summed E-state index contributed by atoms with van der Waals surface area (Å²) in [5.41, 5.74) is 3.54. The van der Waals surface area contributed by atoms with Gasteiger partial charge in [-0.3, -0.25) is 9.67 Å². The van der Waals surface area contributed by atoms with Crippen LogP contribution >= 0.6 is 11.6 Å². The standard InChI is InChI=1S/C22H17ClFN3O/c1-28-20-6-5-17(22(24)21(20)16-3-2-4-19(23)11-16)13-27-14-18(12-26-27)15-7-9-25-10-8-15/h2-12,14H,13H2,1H3. The highest BCUT2D eigenvalue weighted by molar-refractivity contribution is 6.30. The van der Waals surface area contributed by atoms with Gasteiger partial charge < -0.3 is 4.74 Å². The summed E-state index contributed by atoms with van der Waals surface area (Å²) < 4.78 is 22.5. The van der Waals surface area contributed by atoms with E-state index in [2.05, 4.69) is 10.1 Å². The molecule has 28 heavy (non-hydrogen) atoms. The molecule has 2 aromatic carbocycles. The largest absolute Gasteiger partial charge is 0.496 e. The molecule has 0 saturated carbocycles. The van der Waals surface area contributed by atoms with Crippen LogP contribution in [0.1, 0.15) is 5.56 Å². The van der Waals surface area contributed by atoms with E-state index in [1.54, 1.807) is 53.6 Å². The third kappa shape index (κ3) is 3.62. The lowest BCUT2D eigenvalue weighted by Gasteiger charge is -2.14. The van der Waals surface area contributed by atoms with Gasteiger partial charge in [-0.2, -0.15) is 5.10 Å². The van der Waals surface area contributed by atoms with E-state index in [-0.39, 0.29) is 5.82 Å². The number of halogens is 2. The maximum Gasteiger partial charge on any atom is 0.139 e. The summed E-state index contributed by atoms with van der Waals surface area (Å²) in [6, 6.07) is 14.4.